The van der Waals surface area contributed by atoms with E-state index in [-0.39, 0.29) is 0 Å². The molecule has 2 rings (SSSR count). The molecule has 2 aromatic heterocycles. The molecule has 0 atom stereocenters. The maximum absolute atomic E-state index is 5.99. The highest BCUT2D eigenvalue weighted by Gasteiger charge is 2.12. The Morgan fingerprint density at radius 3 is 2.94 bits per heavy atom. The Morgan fingerprint density at radius 2 is 2.31 bits per heavy atom. The van der Waals surface area contributed by atoms with Crippen LogP contribution in [0.15, 0.2) is 27.5 Å². The summed E-state index contributed by atoms with van der Waals surface area (Å²) >= 11 is 9.31. The monoisotopic (exact) mass is 302 g/mol. The standard InChI is InChI=1S/C10H8BrClN2O2/c1-15-5-7-8(11)9(12)14-10(13-7)6-2-3-16-4-6/h2-4H,5H2,1H3. The first-order valence-corrected chi connectivity index (χ1v) is 5.63. The fourth-order valence-corrected chi connectivity index (χ4v) is 1.70. The Kier molecular flexibility index (Phi) is 3.58. The maximum atomic E-state index is 5.99. The second kappa shape index (κ2) is 4.95. The normalized spacial score (nSPS) is 10.7. The summed E-state index contributed by atoms with van der Waals surface area (Å²) in [5.74, 6) is 0.522. The minimum absolute atomic E-state index is 0.359. The summed E-state index contributed by atoms with van der Waals surface area (Å²) < 4.78 is 10.7. The SMILES string of the molecule is COCc1nc(-c2ccoc2)nc(Cl)c1Br. The van der Waals surface area contributed by atoms with E-state index in [0.717, 1.165) is 5.56 Å². The summed E-state index contributed by atoms with van der Waals surface area (Å²) in [5, 5.41) is 0.359. The smallest absolute Gasteiger partial charge is 0.164 e. The third kappa shape index (κ3) is 2.26. The molecule has 0 radical (unpaired) electrons. The number of furan rings is 1. The molecule has 0 aliphatic heterocycles. The lowest BCUT2D eigenvalue weighted by Gasteiger charge is -2.05. The number of halogens is 2. The lowest BCUT2D eigenvalue weighted by molar-refractivity contribution is 0.181. The maximum Gasteiger partial charge on any atom is 0.164 e. The highest BCUT2D eigenvalue weighted by Crippen LogP contribution is 2.27. The van der Waals surface area contributed by atoms with Crippen LogP contribution < -0.4 is 0 Å². The van der Waals surface area contributed by atoms with Crippen molar-refractivity contribution in [2.75, 3.05) is 7.11 Å². The topological polar surface area (TPSA) is 48.2 Å². The van der Waals surface area contributed by atoms with E-state index in [0.29, 0.717) is 27.8 Å². The van der Waals surface area contributed by atoms with E-state index in [2.05, 4.69) is 25.9 Å². The van der Waals surface area contributed by atoms with E-state index in [1.165, 1.54) is 0 Å². The van der Waals surface area contributed by atoms with Crippen LogP contribution in [-0.2, 0) is 11.3 Å². The number of ether oxygens (including phenoxy) is 1. The van der Waals surface area contributed by atoms with Gasteiger partial charge in [-0.25, -0.2) is 9.97 Å². The van der Waals surface area contributed by atoms with Crippen LogP contribution in [0.25, 0.3) is 11.4 Å². The van der Waals surface area contributed by atoms with Crippen molar-refractivity contribution in [3.63, 3.8) is 0 Å². The van der Waals surface area contributed by atoms with E-state index in [9.17, 15) is 0 Å². The molecule has 0 aliphatic rings. The molecule has 0 bridgehead atoms. The molecule has 0 amide bonds. The van der Waals surface area contributed by atoms with Gasteiger partial charge in [-0.3, -0.25) is 0 Å². The molecule has 6 heteroatoms. The second-order valence-corrected chi connectivity index (χ2v) is 4.19. The molecule has 2 aromatic rings. The first-order valence-electron chi connectivity index (χ1n) is 4.45. The largest absolute Gasteiger partial charge is 0.472 e. The number of hydrogen-bond donors (Lipinski definition) is 0. The zero-order chi connectivity index (χ0) is 11.5. The van der Waals surface area contributed by atoms with Gasteiger partial charge in [-0.1, -0.05) is 11.6 Å². The van der Waals surface area contributed by atoms with Crippen molar-refractivity contribution in [3.8, 4) is 11.4 Å². The van der Waals surface area contributed by atoms with Gasteiger partial charge in [-0.15, -0.1) is 0 Å². The number of rotatable bonds is 3. The zero-order valence-corrected chi connectivity index (χ0v) is 10.7. The number of nitrogens with zero attached hydrogens (tertiary/aromatic N) is 2. The molecule has 0 fully saturated rings. The van der Waals surface area contributed by atoms with Gasteiger partial charge in [0.25, 0.3) is 0 Å². The molecular weight excluding hydrogens is 295 g/mol. The van der Waals surface area contributed by atoms with Crippen LogP contribution in [0.5, 0.6) is 0 Å². The molecular formula is C10H8BrClN2O2. The molecule has 84 valence electrons. The number of aromatic nitrogens is 2. The highest BCUT2D eigenvalue weighted by atomic mass is 79.9. The van der Waals surface area contributed by atoms with Crippen molar-refractivity contribution in [1.29, 1.82) is 0 Å². The van der Waals surface area contributed by atoms with Gasteiger partial charge in [0, 0.05) is 7.11 Å². The summed E-state index contributed by atoms with van der Waals surface area (Å²) in [7, 11) is 1.60. The first-order chi connectivity index (χ1) is 7.72. The summed E-state index contributed by atoms with van der Waals surface area (Å²) in [4.78, 5) is 8.49. The number of hydrogen-bond acceptors (Lipinski definition) is 4. The van der Waals surface area contributed by atoms with Crippen molar-refractivity contribution in [1.82, 2.24) is 9.97 Å². The van der Waals surface area contributed by atoms with Gasteiger partial charge in [0.05, 0.1) is 28.6 Å². The summed E-state index contributed by atoms with van der Waals surface area (Å²) in [6, 6.07) is 1.77. The van der Waals surface area contributed by atoms with Gasteiger partial charge in [0.15, 0.2) is 5.82 Å². The van der Waals surface area contributed by atoms with Crippen LogP contribution in [-0.4, -0.2) is 17.1 Å². The van der Waals surface area contributed by atoms with E-state index < -0.39 is 0 Å². The minimum atomic E-state index is 0.359. The fraction of sp³-hybridized carbons (Fsp3) is 0.200. The van der Waals surface area contributed by atoms with Crippen LogP contribution in [0.4, 0.5) is 0 Å². The molecule has 0 aromatic carbocycles. The third-order valence-corrected chi connectivity index (χ3v) is 3.27. The molecule has 4 nitrogen and oxygen atoms in total. The Bertz CT molecular complexity index is 488. The van der Waals surface area contributed by atoms with E-state index in [1.54, 1.807) is 25.7 Å². The fourth-order valence-electron chi connectivity index (χ4n) is 1.22. The van der Waals surface area contributed by atoms with Gasteiger partial charge < -0.3 is 9.15 Å². The van der Waals surface area contributed by atoms with Gasteiger partial charge in [-0.05, 0) is 22.0 Å². The van der Waals surface area contributed by atoms with Crippen LogP contribution in [0.1, 0.15) is 5.69 Å². The third-order valence-electron chi connectivity index (χ3n) is 1.94. The molecule has 0 aliphatic carbocycles. The van der Waals surface area contributed by atoms with Gasteiger partial charge >= 0.3 is 0 Å². The van der Waals surface area contributed by atoms with Crippen molar-refractivity contribution in [2.24, 2.45) is 0 Å². The quantitative estimate of drug-likeness (QED) is 0.816. The number of methoxy groups -OCH3 is 1. The summed E-state index contributed by atoms with van der Waals surface area (Å²) in [6.45, 7) is 0.369. The Morgan fingerprint density at radius 1 is 1.50 bits per heavy atom. The van der Waals surface area contributed by atoms with E-state index in [4.69, 9.17) is 20.8 Å². The van der Waals surface area contributed by atoms with Gasteiger partial charge in [-0.2, -0.15) is 0 Å². The Balaban J connectivity index is 2.48. The average Bonchev–Trinajstić information content (AvgIpc) is 2.78. The van der Waals surface area contributed by atoms with Crippen LogP contribution in [0, 0.1) is 0 Å². The summed E-state index contributed by atoms with van der Waals surface area (Å²) in [5.41, 5.74) is 1.49. The minimum Gasteiger partial charge on any atom is -0.472 e. The lowest BCUT2D eigenvalue weighted by Crippen LogP contribution is -1.99. The average molecular weight is 304 g/mol. The first kappa shape index (κ1) is 11.6. The molecule has 0 N–H and O–H groups in total. The highest BCUT2D eigenvalue weighted by molar-refractivity contribution is 9.10. The van der Waals surface area contributed by atoms with Crippen molar-refractivity contribution >= 4 is 27.5 Å². The van der Waals surface area contributed by atoms with Crippen molar-refractivity contribution in [3.05, 3.63) is 33.9 Å². The molecule has 0 saturated heterocycles. The molecule has 0 spiro atoms. The van der Waals surface area contributed by atoms with Crippen LogP contribution >= 0.6 is 27.5 Å². The predicted molar refractivity (Wildman–Crippen MR) is 63.2 cm³/mol. The van der Waals surface area contributed by atoms with Crippen molar-refractivity contribution < 1.29 is 9.15 Å². The zero-order valence-electron chi connectivity index (χ0n) is 8.41. The molecule has 16 heavy (non-hydrogen) atoms. The Labute approximate surface area is 106 Å². The second-order valence-electron chi connectivity index (χ2n) is 3.04. The van der Waals surface area contributed by atoms with Gasteiger partial charge in [0.1, 0.15) is 11.4 Å². The van der Waals surface area contributed by atoms with E-state index in [1.807, 2.05) is 0 Å². The lowest BCUT2D eigenvalue weighted by atomic mass is 10.3. The molecule has 0 unspecified atom stereocenters. The molecule has 0 saturated carbocycles. The van der Waals surface area contributed by atoms with Crippen LogP contribution in [0.3, 0.4) is 0 Å². The van der Waals surface area contributed by atoms with E-state index >= 15 is 0 Å². The predicted octanol–water partition coefficient (Wildman–Crippen LogP) is 3.30. The Hall–Kier alpha value is -0.910. The van der Waals surface area contributed by atoms with Gasteiger partial charge in [0.2, 0.25) is 0 Å². The van der Waals surface area contributed by atoms with Crippen molar-refractivity contribution in [2.45, 2.75) is 6.61 Å². The van der Waals surface area contributed by atoms with Crippen LogP contribution in [0.2, 0.25) is 5.15 Å². The summed E-state index contributed by atoms with van der Waals surface area (Å²) in [6.07, 6.45) is 3.13. The molecule has 2 heterocycles.